The molecule has 0 atom stereocenters. The quantitative estimate of drug-likeness (QED) is 0.802. The Hall–Kier alpha value is -1.80. The highest BCUT2D eigenvalue weighted by Gasteiger charge is 2.14. The molecular formula is C10H10ClN3O2. The Labute approximate surface area is 98.1 Å². The zero-order valence-electron chi connectivity index (χ0n) is 8.64. The molecule has 0 aliphatic heterocycles. The van der Waals surface area contributed by atoms with Gasteiger partial charge in [-0.3, -0.25) is 0 Å². The van der Waals surface area contributed by atoms with Gasteiger partial charge in [0.15, 0.2) is 5.69 Å². The maximum absolute atomic E-state index is 10.8. The van der Waals surface area contributed by atoms with Gasteiger partial charge in [0.05, 0.1) is 11.2 Å². The van der Waals surface area contributed by atoms with Crippen LogP contribution in [0.3, 0.4) is 0 Å². The van der Waals surface area contributed by atoms with Crippen molar-refractivity contribution in [1.82, 2.24) is 9.97 Å². The molecule has 84 valence electrons. The number of terminal acetylenes is 1. The molecule has 1 aromatic rings. The third-order valence-corrected chi connectivity index (χ3v) is 2.14. The van der Waals surface area contributed by atoms with E-state index in [0.717, 1.165) is 0 Å². The number of aromatic nitrogens is 2. The number of hydrogen-bond donors (Lipinski definition) is 1. The average molecular weight is 240 g/mol. The number of anilines is 1. The summed E-state index contributed by atoms with van der Waals surface area (Å²) < 4.78 is 0. The molecule has 0 amide bonds. The van der Waals surface area contributed by atoms with Gasteiger partial charge in [-0.2, -0.15) is 0 Å². The molecule has 0 aliphatic carbocycles. The summed E-state index contributed by atoms with van der Waals surface area (Å²) in [6.45, 7) is 0.553. The van der Waals surface area contributed by atoms with Crippen molar-refractivity contribution in [3.8, 4) is 12.3 Å². The molecule has 0 bridgehead atoms. The fourth-order valence-corrected chi connectivity index (χ4v) is 1.20. The van der Waals surface area contributed by atoms with Crippen molar-refractivity contribution in [1.29, 1.82) is 0 Å². The van der Waals surface area contributed by atoms with Gasteiger partial charge in [0.1, 0.15) is 0 Å². The first kappa shape index (κ1) is 12.3. The second kappa shape index (κ2) is 5.33. The normalized spacial score (nSPS) is 9.56. The molecule has 0 saturated carbocycles. The van der Waals surface area contributed by atoms with Crippen LogP contribution in [0.2, 0.25) is 5.02 Å². The number of rotatable bonds is 4. The molecule has 0 fully saturated rings. The van der Waals surface area contributed by atoms with Crippen LogP contribution in [0, 0.1) is 12.3 Å². The molecule has 0 spiro atoms. The van der Waals surface area contributed by atoms with Gasteiger partial charge in [0.25, 0.3) is 0 Å². The molecule has 0 aromatic carbocycles. The van der Waals surface area contributed by atoms with Crippen LogP contribution in [0.5, 0.6) is 0 Å². The highest BCUT2D eigenvalue weighted by molar-refractivity contribution is 6.33. The largest absolute Gasteiger partial charge is 0.476 e. The Bertz CT molecular complexity index is 442. The minimum atomic E-state index is -1.18. The van der Waals surface area contributed by atoms with Crippen molar-refractivity contribution in [3.63, 3.8) is 0 Å². The summed E-state index contributed by atoms with van der Waals surface area (Å²) in [7, 11) is 1.73. The number of nitrogens with zero attached hydrogens (tertiary/aromatic N) is 3. The third kappa shape index (κ3) is 2.84. The summed E-state index contributed by atoms with van der Waals surface area (Å²) in [5.74, 6) is 1.58. The number of carbonyl (C=O) groups is 1. The van der Waals surface area contributed by atoms with Gasteiger partial charge < -0.3 is 10.0 Å². The van der Waals surface area contributed by atoms with E-state index in [-0.39, 0.29) is 16.7 Å². The van der Waals surface area contributed by atoms with Crippen LogP contribution in [0.25, 0.3) is 0 Å². The van der Waals surface area contributed by atoms with Crippen LogP contribution in [-0.2, 0) is 0 Å². The van der Waals surface area contributed by atoms with Gasteiger partial charge in [0, 0.05) is 20.0 Å². The van der Waals surface area contributed by atoms with E-state index in [4.69, 9.17) is 23.1 Å². The first-order chi connectivity index (χ1) is 7.56. The van der Waals surface area contributed by atoms with Gasteiger partial charge in [-0.15, -0.1) is 12.3 Å². The van der Waals surface area contributed by atoms with E-state index in [9.17, 15) is 4.79 Å². The lowest BCUT2D eigenvalue weighted by Gasteiger charge is -2.15. The zero-order valence-corrected chi connectivity index (χ0v) is 9.40. The summed E-state index contributed by atoms with van der Waals surface area (Å²) in [5.41, 5.74) is -0.209. The van der Waals surface area contributed by atoms with Crippen molar-refractivity contribution < 1.29 is 9.90 Å². The number of aromatic carboxylic acids is 1. The zero-order chi connectivity index (χ0) is 12.1. The molecule has 0 aliphatic rings. The van der Waals surface area contributed by atoms with E-state index >= 15 is 0 Å². The number of hydrogen-bond acceptors (Lipinski definition) is 4. The summed E-state index contributed by atoms with van der Waals surface area (Å²) >= 11 is 5.64. The minimum absolute atomic E-state index is 0.0154. The molecule has 5 nitrogen and oxygen atoms in total. The van der Waals surface area contributed by atoms with Crippen LogP contribution >= 0.6 is 11.6 Å². The molecule has 6 heteroatoms. The maximum atomic E-state index is 10.8. The molecule has 1 aromatic heterocycles. The van der Waals surface area contributed by atoms with Crippen LogP contribution in [0.15, 0.2) is 6.20 Å². The molecule has 1 heterocycles. The highest BCUT2D eigenvalue weighted by Crippen LogP contribution is 2.15. The monoisotopic (exact) mass is 239 g/mol. The van der Waals surface area contributed by atoms with Gasteiger partial charge in [-0.25, -0.2) is 14.8 Å². The fourth-order valence-electron chi connectivity index (χ4n) is 1.02. The Kier molecular flexibility index (Phi) is 4.09. The summed E-state index contributed by atoms with van der Waals surface area (Å²) in [6.07, 6.45) is 6.92. The average Bonchev–Trinajstić information content (AvgIpc) is 2.26. The Morgan fingerprint density at radius 2 is 2.44 bits per heavy atom. The predicted molar refractivity (Wildman–Crippen MR) is 60.7 cm³/mol. The first-order valence-electron chi connectivity index (χ1n) is 4.46. The Balaban J connectivity index is 2.94. The Morgan fingerprint density at radius 3 is 3.00 bits per heavy atom. The van der Waals surface area contributed by atoms with E-state index in [0.29, 0.717) is 13.0 Å². The summed E-state index contributed by atoms with van der Waals surface area (Å²) in [4.78, 5) is 20.2. The number of carboxylic acid groups (broad SMARTS) is 1. The van der Waals surface area contributed by atoms with E-state index in [1.54, 1.807) is 11.9 Å². The van der Waals surface area contributed by atoms with E-state index < -0.39 is 5.97 Å². The fraction of sp³-hybridized carbons (Fsp3) is 0.300. The molecule has 0 unspecified atom stereocenters. The van der Waals surface area contributed by atoms with Crippen LogP contribution < -0.4 is 4.90 Å². The smallest absolute Gasteiger partial charge is 0.356 e. The van der Waals surface area contributed by atoms with Crippen LogP contribution in [0.1, 0.15) is 16.9 Å². The van der Waals surface area contributed by atoms with Crippen molar-refractivity contribution >= 4 is 23.5 Å². The lowest BCUT2D eigenvalue weighted by Crippen LogP contribution is -2.21. The maximum Gasteiger partial charge on any atom is 0.356 e. The lowest BCUT2D eigenvalue weighted by molar-refractivity contribution is 0.0690. The standard InChI is InChI=1S/C10H10ClN3O2/c1-3-4-5-14(2)10-12-6-7(11)8(13-10)9(15)16/h1,6H,4-5H2,2H3,(H,15,16). The van der Waals surface area contributed by atoms with Crippen molar-refractivity contribution in [3.05, 3.63) is 16.9 Å². The predicted octanol–water partition coefficient (Wildman–Crippen LogP) is 1.29. The Morgan fingerprint density at radius 1 is 1.75 bits per heavy atom. The van der Waals surface area contributed by atoms with Gasteiger partial charge in [-0.1, -0.05) is 11.6 Å². The number of carboxylic acids is 1. The van der Waals surface area contributed by atoms with Crippen molar-refractivity contribution in [2.45, 2.75) is 6.42 Å². The van der Waals surface area contributed by atoms with E-state index in [2.05, 4.69) is 15.9 Å². The summed E-state index contributed by atoms with van der Waals surface area (Å²) in [5, 5.41) is 8.84. The second-order valence-corrected chi connectivity index (χ2v) is 3.45. The minimum Gasteiger partial charge on any atom is -0.476 e. The first-order valence-corrected chi connectivity index (χ1v) is 4.84. The van der Waals surface area contributed by atoms with Crippen LogP contribution in [-0.4, -0.2) is 34.6 Å². The molecule has 1 N–H and O–H groups in total. The third-order valence-electron chi connectivity index (χ3n) is 1.87. The van der Waals surface area contributed by atoms with Gasteiger partial charge in [0.2, 0.25) is 5.95 Å². The van der Waals surface area contributed by atoms with Gasteiger partial charge >= 0.3 is 5.97 Å². The highest BCUT2D eigenvalue weighted by atomic mass is 35.5. The van der Waals surface area contributed by atoms with E-state index in [1.165, 1.54) is 6.20 Å². The van der Waals surface area contributed by atoms with Crippen LogP contribution in [0.4, 0.5) is 5.95 Å². The van der Waals surface area contributed by atoms with E-state index in [1.807, 2.05) is 0 Å². The molecular weight excluding hydrogens is 230 g/mol. The molecule has 1 rings (SSSR count). The van der Waals surface area contributed by atoms with Crippen molar-refractivity contribution in [2.24, 2.45) is 0 Å². The van der Waals surface area contributed by atoms with Crippen molar-refractivity contribution in [2.75, 3.05) is 18.5 Å². The topological polar surface area (TPSA) is 66.3 Å². The molecule has 0 radical (unpaired) electrons. The van der Waals surface area contributed by atoms with Gasteiger partial charge in [-0.05, 0) is 0 Å². The SMILES string of the molecule is C#CCCN(C)c1ncc(Cl)c(C(=O)O)n1. The number of halogens is 1. The summed E-state index contributed by atoms with van der Waals surface area (Å²) in [6, 6.07) is 0. The molecule has 16 heavy (non-hydrogen) atoms. The lowest BCUT2D eigenvalue weighted by atomic mass is 10.4. The second-order valence-electron chi connectivity index (χ2n) is 3.05. The molecule has 0 saturated heterocycles.